The normalized spacial score (nSPS) is 14.5. The van der Waals surface area contributed by atoms with Crippen LogP contribution in [-0.2, 0) is 11.3 Å². The SMILES string of the molecule is CCOc1cc(/C=C2\SC(=O)N(Cc3ccccc3F)C2=O)ccc1OC(=O)c1ccccc1I. The van der Waals surface area contributed by atoms with Crippen LogP contribution in [0.4, 0.5) is 9.18 Å². The molecule has 178 valence electrons. The summed E-state index contributed by atoms with van der Waals surface area (Å²) >= 11 is 2.85. The van der Waals surface area contributed by atoms with Crippen molar-refractivity contribution in [2.45, 2.75) is 13.5 Å². The lowest BCUT2D eigenvalue weighted by atomic mass is 10.1. The van der Waals surface area contributed by atoms with Gasteiger partial charge in [-0.2, -0.15) is 0 Å². The first-order valence-corrected chi connectivity index (χ1v) is 12.5. The fourth-order valence-electron chi connectivity index (χ4n) is 3.33. The lowest BCUT2D eigenvalue weighted by Crippen LogP contribution is -2.27. The highest BCUT2D eigenvalue weighted by atomic mass is 127. The molecule has 0 bridgehead atoms. The molecule has 3 aromatic rings. The molecule has 1 fully saturated rings. The number of hydrogen-bond acceptors (Lipinski definition) is 6. The monoisotopic (exact) mass is 603 g/mol. The van der Waals surface area contributed by atoms with Crippen molar-refractivity contribution in [1.29, 1.82) is 0 Å². The molecule has 35 heavy (non-hydrogen) atoms. The van der Waals surface area contributed by atoms with Crippen molar-refractivity contribution in [3.05, 3.63) is 97.7 Å². The van der Waals surface area contributed by atoms with Crippen molar-refractivity contribution in [3.8, 4) is 11.5 Å². The molecular formula is C26H19FINO5S. The Hall–Kier alpha value is -3.18. The topological polar surface area (TPSA) is 72.9 Å². The lowest BCUT2D eigenvalue weighted by molar-refractivity contribution is -0.123. The number of nitrogens with zero attached hydrogens (tertiary/aromatic N) is 1. The van der Waals surface area contributed by atoms with Gasteiger partial charge in [0.2, 0.25) is 0 Å². The quantitative estimate of drug-likeness (QED) is 0.137. The molecule has 0 unspecified atom stereocenters. The molecule has 0 saturated carbocycles. The summed E-state index contributed by atoms with van der Waals surface area (Å²) in [5, 5.41) is -0.474. The number of benzene rings is 3. The van der Waals surface area contributed by atoms with E-state index in [-0.39, 0.29) is 22.8 Å². The summed E-state index contributed by atoms with van der Waals surface area (Å²) in [6.07, 6.45) is 1.56. The molecule has 0 spiro atoms. The number of hydrogen-bond donors (Lipinski definition) is 0. The Kier molecular flexibility index (Phi) is 7.86. The average Bonchev–Trinajstić information content (AvgIpc) is 3.09. The highest BCUT2D eigenvalue weighted by Gasteiger charge is 2.35. The van der Waals surface area contributed by atoms with Crippen LogP contribution in [0.2, 0.25) is 0 Å². The van der Waals surface area contributed by atoms with Gasteiger partial charge in [-0.25, -0.2) is 9.18 Å². The van der Waals surface area contributed by atoms with E-state index in [2.05, 4.69) is 22.6 Å². The third-order valence-electron chi connectivity index (χ3n) is 5.02. The highest BCUT2D eigenvalue weighted by molar-refractivity contribution is 14.1. The van der Waals surface area contributed by atoms with Gasteiger partial charge in [0, 0.05) is 9.13 Å². The largest absolute Gasteiger partial charge is 0.490 e. The number of carbonyl (C=O) groups is 3. The second-order valence-corrected chi connectivity index (χ2v) is 9.52. The second kappa shape index (κ2) is 11.0. The third-order valence-corrected chi connectivity index (χ3v) is 6.87. The number of rotatable bonds is 7. The van der Waals surface area contributed by atoms with E-state index in [1.54, 1.807) is 55.5 Å². The number of carbonyl (C=O) groups excluding carboxylic acids is 3. The van der Waals surface area contributed by atoms with E-state index in [4.69, 9.17) is 9.47 Å². The highest BCUT2D eigenvalue weighted by Crippen LogP contribution is 2.36. The Morgan fingerprint density at radius 3 is 2.54 bits per heavy atom. The Bertz CT molecular complexity index is 1340. The van der Waals surface area contributed by atoms with E-state index < -0.39 is 22.9 Å². The zero-order valence-corrected chi connectivity index (χ0v) is 21.5. The number of halogens is 2. The van der Waals surface area contributed by atoms with Crippen LogP contribution >= 0.6 is 34.4 Å². The molecule has 0 N–H and O–H groups in total. The van der Waals surface area contributed by atoms with Gasteiger partial charge in [0.1, 0.15) is 5.82 Å². The molecule has 0 atom stereocenters. The minimum atomic E-state index is -0.516. The van der Waals surface area contributed by atoms with E-state index in [0.717, 1.165) is 20.2 Å². The smallest absolute Gasteiger partial charge is 0.344 e. The first kappa shape index (κ1) is 24.9. The predicted octanol–water partition coefficient (Wildman–Crippen LogP) is 6.28. The van der Waals surface area contributed by atoms with Gasteiger partial charge in [-0.05, 0) is 83.2 Å². The van der Waals surface area contributed by atoms with E-state index in [1.165, 1.54) is 12.1 Å². The van der Waals surface area contributed by atoms with Crippen LogP contribution in [0, 0.1) is 9.39 Å². The van der Waals surface area contributed by atoms with Gasteiger partial charge in [0.05, 0.1) is 23.6 Å². The van der Waals surface area contributed by atoms with Gasteiger partial charge in [0.15, 0.2) is 11.5 Å². The zero-order valence-electron chi connectivity index (χ0n) is 18.5. The number of amides is 2. The molecule has 1 aliphatic rings. The average molecular weight is 603 g/mol. The van der Waals surface area contributed by atoms with Crippen molar-refractivity contribution >= 4 is 57.5 Å². The van der Waals surface area contributed by atoms with E-state index in [9.17, 15) is 18.8 Å². The minimum Gasteiger partial charge on any atom is -0.490 e. The molecule has 0 radical (unpaired) electrons. The second-order valence-electron chi connectivity index (χ2n) is 7.37. The molecular weight excluding hydrogens is 584 g/mol. The Labute approximate surface area is 219 Å². The van der Waals surface area contributed by atoms with Crippen LogP contribution in [-0.4, -0.2) is 28.6 Å². The zero-order chi connectivity index (χ0) is 24.9. The van der Waals surface area contributed by atoms with Gasteiger partial charge in [0.25, 0.3) is 11.1 Å². The molecule has 3 aromatic carbocycles. The van der Waals surface area contributed by atoms with Crippen molar-refractivity contribution in [1.82, 2.24) is 4.90 Å². The van der Waals surface area contributed by atoms with Gasteiger partial charge in [-0.3, -0.25) is 14.5 Å². The molecule has 6 nitrogen and oxygen atoms in total. The summed E-state index contributed by atoms with van der Waals surface area (Å²) in [4.78, 5) is 39.1. The third kappa shape index (κ3) is 5.73. The van der Waals surface area contributed by atoms with E-state index in [0.29, 0.717) is 23.5 Å². The predicted molar refractivity (Wildman–Crippen MR) is 140 cm³/mol. The minimum absolute atomic E-state index is 0.147. The summed E-state index contributed by atoms with van der Waals surface area (Å²) < 4.78 is 26.0. The van der Waals surface area contributed by atoms with Crippen LogP contribution in [0.5, 0.6) is 11.5 Å². The lowest BCUT2D eigenvalue weighted by Gasteiger charge is -2.13. The van der Waals surface area contributed by atoms with Crippen LogP contribution < -0.4 is 9.47 Å². The molecule has 4 rings (SSSR count). The maximum absolute atomic E-state index is 14.0. The van der Waals surface area contributed by atoms with Gasteiger partial charge in [-0.1, -0.05) is 36.4 Å². The Morgan fingerprint density at radius 1 is 1.06 bits per heavy atom. The van der Waals surface area contributed by atoms with Crippen molar-refractivity contribution in [3.63, 3.8) is 0 Å². The summed E-state index contributed by atoms with van der Waals surface area (Å²) in [7, 11) is 0. The van der Waals surface area contributed by atoms with Gasteiger partial charge < -0.3 is 9.47 Å². The molecule has 1 saturated heterocycles. The molecule has 0 aromatic heterocycles. The molecule has 2 amide bonds. The van der Waals surface area contributed by atoms with Gasteiger partial charge >= 0.3 is 5.97 Å². The summed E-state index contributed by atoms with van der Waals surface area (Å²) in [5.41, 5.74) is 1.27. The number of esters is 1. The maximum Gasteiger partial charge on any atom is 0.344 e. The Morgan fingerprint density at radius 2 is 1.80 bits per heavy atom. The summed E-state index contributed by atoms with van der Waals surface area (Å²) in [6, 6.07) is 18.0. The standard InChI is InChI=1S/C26H19FINO5S/c1-2-33-22-13-16(11-12-21(22)34-25(31)18-8-4-6-10-20(18)28)14-23-24(30)29(26(32)35-23)15-17-7-3-5-9-19(17)27/h3-14H,2,15H2,1H3/b23-14-. The van der Waals surface area contributed by atoms with Crippen LogP contribution in [0.15, 0.2) is 71.6 Å². The first-order valence-electron chi connectivity index (χ1n) is 10.6. The molecule has 9 heteroatoms. The number of imide groups is 1. The van der Waals surface area contributed by atoms with E-state index in [1.807, 2.05) is 12.1 Å². The number of thioether (sulfide) groups is 1. The molecule has 1 heterocycles. The van der Waals surface area contributed by atoms with Crippen LogP contribution in [0.3, 0.4) is 0 Å². The molecule has 1 aliphatic heterocycles. The van der Waals surface area contributed by atoms with Crippen LogP contribution in [0.1, 0.15) is 28.4 Å². The summed E-state index contributed by atoms with van der Waals surface area (Å²) in [6.45, 7) is 1.98. The summed E-state index contributed by atoms with van der Waals surface area (Å²) in [5.74, 6) is -0.937. The van der Waals surface area contributed by atoms with Crippen molar-refractivity contribution in [2.24, 2.45) is 0 Å². The first-order chi connectivity index (χ1) is 16.9. The van der Waals surface area contributed by atoms with Gasteiger partial charge in [-0.15, -0.1) is 0 Å². The fraction of sp³-hybridized carbons (Fsp3) is 0.115. The van der Waals surface area contributed by atoms with Crippen molar-refractivity contribution < 1.29 is 28.2 Å². The number of ether oxygens (including phenoxy) is 2. The van der Waals surface area contributed by atoms with Crippen LogP contribution in [0.25, 0.3) is 6.08 Å². The molecule has 0 aliphatic carbocycles. The Balaban J connectivity index is 1.55. The fourth-order valence-corrected chi connectivity index (χ4v) is 4.78. The maximum atomic E-state index is 14.0. The van der Waals surface area contributed by atoms with Crippen molar-refractivity contribution in [2.75, 3.05) is 6.61 Å². The van der Waals surface area contributed by atoms with E-state index >= 15 is 0 Å².